The summed E-state index contributed by atoms with van der Waals surface area (Å²) in [6.45, 7) is 3.08. The van der Waals surface area contributed by atoms with Crippen LogP contribution >= 0.6 is 0 Å². The number of rotatable bonds is 3. The van der Waals surface area contributed by atoms with Gasteiger partial charge in [0.2, 0.25) is 0 Å². The van der Waals surface area contributed by atoms with E-state index in [4.69, 9.17) is 0 Å². The zero-order chi connectivity index (χ0) is 11.7. The van der Waals surface area contributed by atoms with Crippen LogP contribution in [0.4, 0.5) is 0 Å². The number of aryl methyl sites for hydroxylation is 1. The van der Waals surface area contributed by atoms with Gasteiger partial charge in [0.1, 0.15) is 0 Å². The standard InChI is InChI=1S/C14H17N3/c1-11-4-2-7-14(16-11)13-8-15-17(10-13)9-12-5-3-6-12/h2,4,7-8,10,12H,3,5-6,9H2,1H3. The molecular weight excluding hydrogens is 210 g/mol. The van der Waals surface area contributed by atoms with Gasteiger partial charge >= 0.3 is 0 Å². The Morgan fingerprint density at radius 3 is 2.94 bits per heavy atom. The maximum atomic E-state index is 4.52. The van der Waals surface area contributed by atoms with Crippen molar-refractivity contribution in [1.82, 2.24) is 14.8 Å². The van der Waals surface area contributed by atoms with Gasteiger partial charge < -0.3 is 0 Å². The van der Waals surface area contributed by atoms with Crippen LogP contribution in [-0.4, -0.2) is 14.8 Å². The molecule has 0 bridgehead atoms. The third kappa shape index (κ3) is 2.23. The molecule has 2 aromatic heterocycles. The lowest BCUT2D eigenvalue weighted by molar-refractivity contribution is 0.266. The van der Waals surface area contributed by atoms with Crippen molar-refractivity contribution in [2.75, 3.05) is 0 Å². The Labute approximate surface area is 101 Å². The van der Waals surface area contributed by atoms with Crippen molar-refractivity contribution in [1.29, 1.82) is 0 Å². The van der Waals surface area contributed by atoms with Gasteiger partial charge in [-0.15, -0.1) is 0 Å². The Morgan fingerprint density at radius 2 is 2.24 bits per heavy atom. The molecule has 3 nitrogen and oxygen atoms in total. The summed E-state index contributed by atoms with van der Waals surface area (Å²) >= 11 is 0. The van der Waals surface area contributed by atoms with Crippen LogP contribution in [0.1, 0.15) is 25.0 Å². The first kappa shape index (κ1) is 10.5. The first-order chi connectivity index (χ1) is 8.31. The van der Waals surface area contributed by atoms with Crippen molar-refractivity contribution in [2.45, 2.75) is 32.7 Å². The van der Waals surface area contributed by atoms with Crippen molar-refractivity contribution in [3.05, 3.63) is 36.3 Å². The molecule has 2 aromatic rings. The lowest BCUT2D eigenvalue weighted by Crippen LogP contribution is -2.18. The van der Waals surface area contributed by atoms with E-state index in [1.807, 2.05) is 31.3 Å². The Balaban J connectivity index is 1.79. The maximum Gasteiger partial charge on any atom is 0.0736 e. The van der Waals surface area contributed by atoms with E-state index in [2.05, 4.69) is 21.0 Å². The highest BCUT2D eigenvalue weighted by Crippen LogP contribution is 2.28. The van der Waals surface area contributed by atoms with Gasteiger partial charge in [-0.1, -0.05) is 12.5 Å². The van der Waals surface area contributed by atoms with Crippen LogP contribution in [0.5, 0.6) is 0 Å². The smallest absolute Gasteiger partial charge is 0.0736 e. The first-order valence-electron chi connectivity index (χ1n) is 6.28. The van der Waals surface area contributed by atoms with Crippen molar-refractivity contribution >= 4 is 0 Å². The quantitative estimate of drug-likeness (QED) is 0.806. The van der Waals surface area contributed by atoms with E-state index in [1.165, 1.54) is 19.3 Å². The van der Waals surface area contributed by atoms with Gasteiger partial charge in [-0.05, 0) is 37.8 Å². The molecule has 1 aliphatic rings. The molecule has 0 unspecified atom stereocenters. The summed E-state index contributed by atoms with van der Waals surface area (Å²) in [6, 6.07) is 6.10. The molecule has 1 saturated carbocycles. The summed E-state index contributed by atoms with van der Waals surface area (Å²) in [7, 11) is 0. The summed E-state index contributed by atoms with van der Waals surface area (Å²) in [5.41, 5.74) is 3.19. The van der Waals surface area contributed by atoms with E-state index in [0.717, 1.165) is 29.4 Å². The zero-order valence-electron chi connectivity index (χ0n) is 10.1. The van der Waals surface area contributed by atoms with Gasteiger partial charge in [-0.3, -0.25) is 9.67 Å². The predicted molar refractivity (Wildman–Crippen MR) is 67.5 cm³/mol. The second-order valence-electron chi connectivity index (χ2n) is 4.91. The third-order valence-corrected chi connectivity index (χ3v) is 3.49. The molecule has 0 spiro atoms. The molecule has 0 amide bonds. The van der Waals surface area contributed by atoms with Gasteiger partial charge in [0, 0.05) is 24.0 Å². The Kier molecular flexibility index (Phi) is 2.67. The molecule has 0 atom stereocenters. The highest BCUT2D eigenvalue weighted by Gasteiger charge is 2.18. The maximum absolute atomic E-state index is 4.52. The van der Waals surface area contributed by atoms with Gasteiger partial charge in [-0.2, -0.15) is 5.10 Å². The van der Waals surface area contributed by atoms with Crippen LogP contribution in [-0.2, 0) is 6.54 Å². The third-order valence-electron chi connectivity index (χ3n) is 3.49. The lowest BCUT2D eigenvalue weighted by atomic mass is 9.85. The molecule has 1 aliphatic carbocycles. The van der Waals surface area contributed by atoms with Crippen LogP contribution in [0, 0.1) is 12.8 Å². The van der Waals surface area contributed by atoms with Gasteiger partial charge in [0.05, 0.1) is 11.9 Å². The number of nitrogens with zero attached hydrogens (tertiary/aromatic N) is 3. The summed E-state index contributed by atoms with van der Waals surface area (Å²) in [5, 5.41) is 4.42. The van der Waals surface area contributed by atoms with Crippen molar-refractivity contribution in [3.8, 4) is 11.3 Å². The van der Waals surface area contributed by atoms with Crippen molar-refractivity contribution in [2.24, 2.45) is 5.92 Å². The van der Waals surface area contributed by atoms with Crippen LogP contribution in [0.15, 0.2) is 30.6 Å². The fourth-order valence-electron chi connectivity index (χ4n) is 2.24. The van der Waals surface area contributed by atoms with E-state index in [9.17, 15) is 0 Å². The van der Waals surface area contributed by atoms with Crippen LogP contribution in [0.3, 0.4) is 0 Å². The highest BCUT2D eigenvalue weighted by atomic mass is 15.3. The molecule has 88 valence electrons. The van der Waals surface area contributed by atoms with Gasteiger partial charge in [0.15, 0.2) is 0 Å². The number of hydrogen-bond acceptors (Lipinski definition) is 2. The minimum Gasteiger partial charge on any atom is -0.272 e. The molecule has 0 aromatic carbocycles. The molecule has 0 saturated heterocycles. The van der Waals surface area contributed by atoms with Crippen molar-refractivity contribution in [3.63, 3.8) is 0 Å². The van der Waals surface area contributed by atoms with Crippen LogP contribution < -0.4 is 0 Å². The molecule has 17 heavy (non-hydrogen) atoms. The molecule has 0 aliphatic heterocycles. The molecule has 0 N–H and O–H groups in total. The normalized spacial score (nSPS) is 15.8. The summed E-state index contributed by atoms with van der Waals surface area (Å²) < 4.78 is 2.06. The minimum atomic E-state index is 0.841. The summed E-state index contributed by atoms with van der Waals surface area (Å²) in [6.07, 6.45) is 8.13. The second kappa shape index (κ2) is 4.32. The number of aromatic nitrogens is 3. The zero-order valence-corrected chi connectivity index (χ0v) is 10.1. The Hall–Kier alpha value is -1.64. The minimum absolute atomic E-state index is 0.841. The van der Waals surface area contributed by atoms with Crippen molar-refractivity contribution < 1.29 is 0 Å². The number of pyridine rings is 1. The number of hydrogen-bond donors (Lipinski definition) is 0. The van der Waals surface area contributed by atoms with E-state index in [0.29, 0.717) is 0 Å². The molecule has 3 rings (SSSR count). The fraction of sp³-hybridized carbons (Fsp3) is 0.429. The second-order valence-corrected chi connectivity index (χ2v) is 4.91. The topological polar surface area (TPSA) is 30.7 Å². The fourth-order valence-corrected chi connectivity index (χ4v) is 2.24. The van der Waals surface area contributed by atoms with Crippen LogP contribution in [0.2, 0.25) is 0 Å². The first-order valence-corrected chi connectivity index (χ1v) is 6.28. The largest absolute Gasteiger partial charge is 0.272 e. The molecular formula is C14H17N3. The molecule has 0 radical (unpaired) electrons. The molecule has 2 heterocycles. The monoisotopic (exact) mass is 227 g/mol. The molecule has 3 heteroatoms. The summed E-state index contributed by atoms with van der Waals surface area (Å²) in [4.78, 5) is 4.52. The average molecular weight is 227 g/mol. The van der Waals surface area contributed by atoms with E-state index in [1.54, 1.807) is 0 Å². The summed E-state index contributed by atoms with van der Waals surface area (Å²) in [5.74, 6) is 0.841. The van der Waals surface area contributed by atoms with Gasteiger partial charge in [0.25, 0.3) is 0 Å². The van der Waals surface area contributed by atoms with Gasteiger partial charge in [-0.25, -0.2) is 0 Å². The van der Waals surface area contributed by atoms with E-state index >= 15 is 0 Å². The average Bonchev–Trinajstić information content (AvgIpc) is 2.72. The highest BCUT2D eigenvalue weighted by molar-refractivity contribution is 5.56. The predicted octanol–water partition coefficient (Wildman–Crippen LogP) is 3.05. The van der Waals surface area contributed by atoms with Crippen LogP contribution in [0.25, 0.3) is 11.3 Å². The SMILES string of the molecule is Cc1cccc(-c2cnn(CC3CCC3)c2)n1. The lowest BCUT2D eigenvalue weighted by Gasteiger charge is -2.24. The van der Waals surface area contributed by atoms with E-state index < -0.39 is 0 Å². The Morgan fingerprint density at radius 1 is 1.35 bits per heavy atom. The molecule has 1 fully saturated rings. The Bertz CT molecular complexity index is 512. The van der Waals surface area contributed by atoms with E-state index in [-0.39, 0.29) is 0 Å².